The summed E-state index contributed by atoms with van der Waals surface area (Å²) in [7, 11) is 0. The SMILES string of the molecule is CC(N)(CO)CCCc1ccc(Br)cc1. The largest absolute Gasteiger partial charge is 0.394 e. The first kappa shape index (κ1) is 12.7. The van der Waals surface area contributed by atoms with Crippen LogP contribution in [-0.2, 0) is 6.42 Å². The Hall–Kier alpha value is -0.380. The van der Waals surface area contributed by atoms with Crippen LogP contribution in [0.2, 0.25) is 0 Å². The number of nitrogens with two attached hydrogens (primary N) is 1. The molecule has 0 bridgehead atoms. The lowest BCUT2D eigenvalue weighted by atomic mass is 9.95. The zero-order valence-electron chi connectivity index (χ0n) is 9.04. The lowest BCUT2D eigenvalue weighted by Gasteiger charge is -2.21. The summed E-state index contributed by atoms with van der Waals surface area (Å²) in [5.74, 6) is 0. The molecule has 0 aromatic heterocycles. The molecule has 0 spiro atoms. The summed E-state index contributed by atoms with van der Waals surface area (Å²) in [5, 5.41) is 9.00. The third kappa shape index (κ3) is 4.78. The highest BCUT2D eigenvalue weighted by molar-refractivity contribution is 9.10. The van der Waals surface area contributed by atoms with E-state index < -0.39 is 5.54 Å². The van der Waals surface area contributed by atoms with Crippen LogP contribution in [0.5, 0.6) is 0 Å². The van der Waals surface area contributed by atoms with E-state index in [-0.39, 0.29) is 6.61 Å². The monoisotopic (exact) mass is 271 g/mol. The van der Waals surface area contributed by atoms with Crippen LogP contribution in [0.3, 0.4) is 0 Å². The zero-order chi connectivity index (χ0) is 11.3. The molecular formula is C12H18BrNO. The summed E-state index contributed by atoms with van der Waals surface area (Å²) in [6, 6.07) is 8.31. The van der Waals surface area contributed by atoms with Crippen molar-refractivity contribution in [3.05, 3.63) is 34.3 Å². The first-order valence-corrected chi connectivity index (χ1v) is 5.97. The molecule has 1 aromatic rings. The van der Waals surface area contributed by atoms with Gasteiger partial charge in [0.1, 0.15) is 0 Å². The normalized spacial score (nSPS) is 14.9. The molecule has 1 rings (SSSR count). The van der Waals surface area contributed by atoms with Crippen LogP contribution in [0.1, 0.15) is 25.3 Å². The van der Waals surface area contributed by atoms with Gasteiger partial charge in [-0.15, -0.1) is 0 Å². The van der Waals surface area contributed by atoms with Gasteiger partial charge in [-0.2, -0.15) is 0 Å². The van der Waals surface area contributed by atoms with Crippen LogP contribution in [0.4, 0.5) is 0 Å². The lowest BCUT2D eigenvalue weighted by Crippen LogP contribution is -2.40. The topological polar surface area (TPSA) is 46.2 Å². The van der Waals surface area contributed by atoms with Crippen LogP contribution in [0, 0.1) is 0 Å². The van der Waals surface area contributed by atoms with Gasteiger partial charge >= 0.3 is 0 Å². The first-order valence-electron chi connectivity index (χ1n) is 5.18. The van der Waals surface area contributed by atoms with Crippen LogP contribution in [0.15, 0.2) is 28.7 Å². The molecule has 2 nitrogen and oxygen atoms in total. The van der Waals surface area contributed by atoms with Gasteiger partial charge in [0, 0.05) is 10.0 Å². The van der Waals surface area contributed by atoms with E-state index in [1.165, 1.54) is 5.56 Å². The van der Waals surface area contributed by atoms with E-state index in [4.69, 9.17) is 10.8 Å². The molecule has 0 aliphatic rings. The number of aliphatic hydroxyl groups excluding tert-OH is 1. The Kier molecular flexibility index (Phi) is 4.77. The molecule has 15 heavy (non-hydrogen) atoms. The van der Waals surface area contributed by atoms with Crippen molar-refractivity contribution >= 4 is 15.9 Å². The van der Waals surface area contributed by atoms with Gasteiger partial charge in [-0.25, -0.2) is 0 Å². The third-order valence-corrected chi connectivity index (χ3v) is 3.02. The Labute approximate surface area is 99.6 Å². The Morgan fingerprint density at radius 1 is 1.33 bits per heavy atom. The molecule has 0 saturated heterocycles. The van der Waals surface area contributed by atoms with Gasteiger partial charge in [-0.05, 0) is 43.9 Å². The quantitative estimate of drug-likeness (QED) is 0.865. The van der Waals surface area contributed by atoms with E-state index in [0.29, 0.717) is 0 Å². The fraction of sp³-hybridized carbons (Fsp3) is 0.500. The number of benzene rings is 1. The number of aryl methyl sites for hydroxylation is 1. The summed E-state index contributed by atoms with van der Waals surface area (Å²) in [5.41, 5.74) is 6.72. The molecule has 0 amide bonds. The minimum absolute atomic E-state index is 0.0489. The van der Waals surface area contributed by atoms with Gasteiger partial charge in [0.15, 0.2) is 0 Å². The van der Waals surface area contributed by atoms with Crippen molar-refractivity contribution in [2.24, 2.45) is 5.73 Å². The van der Waals surface area contributed by atoms with Gasteiger partial charge in [-0.1, -0.05) is 28.1 Å². The highest BCUT2D eigenvalue weighted by atomic mass is 79.9. The molecule has 1 atom stereocenters. The molecule has 0 saturated carbocycles. The molecule has 0 aliphatic carbocycles. The van der Waals surface area contributed by atoms with E-state index >= 15 is 0 Å². The van der Waals surface area contributed by atoms with E-state index in [0.717, 1.165) is 23.7 Å². The maximum absolute atomic E-state index is 9.00. The minimum Gasteiger partial charge on any atom is -0.394 e. The van der Waals surface area contributed by atoms with Gasteiger partial charge in [0.2, 0.25) is 0 Å². The molecule has 0 radical (unpaired) electrons. The number of hydrogen-bond acceptors (Lipinski definition) is 2. The standard InChI is InChI=1S/C12H18BrNO/c1-12(14,9-15)8-2-3-10-4-6-11(13)7-5-10/h4-7,15H,2-3,8-9,14H2,1H3. The maximum Gasteiger partial charge on any atom is 0.0608 e. The van der Waals surface area contributed by atoms with E-state index in [1.54, 1.807) is 0 Å². The fourth-order valence-electron chi connectivity index (χ4n) is 1.43. The lowest BCUT2D eigenvalue weighted by molar-refractivity contribution is 0.198. The molecule has 0 fully saturated rings. The van der Waals surface area contributed by atoms with Crippen LogP contribution in [0.25, 0.3) is 0 Å². The smallest absolute Gasteiger partial charge is 0.0608 e. The molecule has 1 unspecified atom stereocenters. The van der Waals surface area contributed by atoms with Crippen LogP contribution >= 0.6 is 15.9 Å². The van der Waals surface area contributed by atoms with Crippen molar-refractivity contribution in [1.82, 2.24) is 0 Å². The average Bonchev–Trinajstić information content (AvgIpc) is 2.21. The fourth-order valence-corrected chi connectivity index (χ4v) is 1.69. The second-order valence-electron chi connectivity index (χ2n) is 4.29. The number of halogens is 1. The van der Waals surface area contributed by atoms with E-state index in [1.807, 2.05) is 19.1 Å². The minimum atomic E-state index is -0.435. The van der Waals surface area contributed by atoms with Crippen molar-refractivity contribution in [2.75, 3.05) is 6.61 Å². The molecule has 0 aliphatic heterocycles. The summed E-state index contributed by atoms with van der Waals surface area (Å²) in [4.78, 5) is 0. The average molecular weight is 272 g/mol. The second-order valence-corrected chi connectivity index (χ2v) is 5.21. The second kappa shape index (κ2) is 5.64. The van der Waals surface area contributed by atoms with Crippen LogP contribution in [-0.4, -0.2) is 17.3 Å². The highest BCUT2D eigenvalue weighted by Gasteiger charge is 2.15. The van der Waals surface area contributed by atoms with Gasteiger partial charge in [0.05, 0.1) is 6.61 Å². The Balaban J connectivity index is 2.35. The first-order chi connectivity index (χ1) is 7.03. The number of hydrogen-bond donors (Lipinski definition) is 2. The highest BCUT2D eigenvalue weighted by Crippen LogP contribution is 2.14. The number of rotatable bonds is 5. The molecule has 1 aromatic carbocycles. The summed E-state index contributed by atoms with van der Waals surface area (Å²) in [6.07, 6.45) is 2.87. The molecule has 3 N–H and O–H groups in total. The third-order valence-electron chi connectivity index (χ3n) is 2.49. The molecular weight excluding hydrogens is 254 g/mol. The van der Waals surface area contributed by atoms with Crippen molar-refractivity contribution in [1.29, 1.82) is 0 Å². The molecule has 0 heterocycles. The van der Waals surface area contributed by atoms with Gasteiger partial charge in [-0.3, -0.25) is 0 Å². The van der Waals surface area contributed by atoms with Crippen LogP contribution < -0.4 is 5.73 Å². The van der Waals surface area contributed by atoms with E-state index in [2.05, 4.69) is 28.1 Å². The van der Waals surface area contributed by atoms with Gasteiger partial charge in [0.25, 0.3) is 0 Å². The van der Waals surface area contributed by atoms with Crippen molar-refractivity contribution < 1.29 is 5.11 Å². The Bertz CT molecular complexity index is 295. The summed E-state index contributed by atoms with van der Waals surface area (Å²) >= 11 is 3.40. The summed E-state index contributed by atoms with van der Waals surface area (Å²) in [6.45, 7) is 1.93. The molecule has 84 valence electrons. The summed E-state index contributed by atoms with van der Waals surface area (Å²) < 4.78 is 1.10. The van der Waals surface area contributed by atoms with Crippen molar-refractivity contribution in [3.8, 4) is 0 Å². The zero-order valence-corrected chi connectivity index (χ0v) is 10.6. The maximum atomic E-state index is 9.00. The van der Waals surface area contributed by atoms with Crippen molar-refractivity contribution in [2.45, 2.75) is 31.7 Å². The Morgan fingerprint density at radius 2 is 1.93 bits per heavy atom. The van der Waals surface area contributed by atoms with Gasteiger partial charge < -0.3 is 10.8 Å². The number of aliphatic hydroxyl groups is 1. The predicted molar refractivity (Wildman–Crippen MR) is 66.8 cm³/mol. The van der Waals surface area contributed by atoms with E-state index in [9.17, 15) is 0 Å². The van der Waals surface area contributed by atoms with Crippen molar-refractivity contribution in [3.63, 3.8) is 0 Å². The predicted octanol–water partition coefficient (Wildman–Crippen LogP) is 2.48. The molecule has 3 heteroatoms. The Morgan fingerprint density at radius 3 is 2.47 bits per heavy atom.